The molecule has 2 bridgehead atoms. The Morgan fingerprint density at radius 3 is 2.40 bits per heavy atom. The van der Waals surface area contributed by atoms with Crippen molar-refractivity contribution in [3.8, 4) is 33.5 Å². The number of amides is 3. The normalized spacial score (nSPS) is 22.0. The molecule has 3 aromatic carbocycles. The van der Waals surface area contributed by atoms with Crippen molar-refractivity contribution in [2.75, 3.05) is 75.9 Å². The lowest BCUT2D eigenvalue weighted by atomic mass is 9.91. The summed E-state index contributed by atoms with van der Waals surface area (Å²) in [6.45, 7) is 16.0. The third-order valence-corrected chi connectivity index (χ3v) is 19.4. The summed E-state index contributed by atoms with van der Waals surface area (Å²) in [6.07, 6.45) is 10.6. The van der Waals surface area contributed by atoms with Crippen molar-refractivity contribution >= 4 is 62.6 Å². The quantitative estimate of drug-likeness (QED) is 0.0926. The van der Waals surface area contributed by atoms with Crippen LogP contribution in [0.4, 0.5) is 20.8 Å². The van der Waals surface area contributed by atoms with Crippen LogP contribution in [0.25, 0.3) is 43.4 Å². The number of fused-ring (bicyclic) bond motifs is 5. The highest BCUT2D eigenvalue weighted by atomic mass is 32.1. The Morgan fingerprint density at radius 1 is 0.894 bits per heavy atom. The third-order valence-electron chi connectivity index (χ3n) is 18.4. The summed E-state index contributed by atoms with van der Waals surface area (Å²) in [5.74, 6) is 0.431. The van der Waals surface area contributed by atoms with Gasteiger partial charge in [0.1, 0.15) is 41.3 Å². The summed E-state index contributed by atoms with van der Waals surface area (Å²) in [4.78, 5) is 70.0. The molecule has 7 aromatic rings. The molecule has 0 aliphatic carbocycles. The van der Waals surface area contributed by atoms with E-state index in [1.807, 2.05) is 69.6 Å². The lowest BCUT2D eigenvalue weighted by molar-refractivity contribution is -0.141. The molecule has 13 rings (SSSR count). The first kappa shape index (κ1) is 57.9. The van der Waals surface area contributed by atoms with Crippen molar-refractivity contribution in [2.24, 2.45) is 5.92 Å². The van der Waals surface area contributed by atoms with Crippen LogP contribution >= 0.6 is 11.3 Å². The Morgan fingerprint density at radius 2 is 1.67 bits per heavy atom. The number of aryl methyl sites for hydroxylation is 2. The van der Waals surface area contributed by atoms with Crippen LogP contribution < -0.4 is 25.2 Å². The lowest BCUT2D eigenvalue weighted by Gasteiger charge is -2.34. The van der Waals surface area contributed by atoms with Crippen LogP contribution in [0.1, 0.15) is 114 Å². The number of hydrogen-bond donors (Lipinski definition) is 3. The Hall–Kier alpha value is -7.49. The first-order chi connectivity index (χ1) is 41.2. The van der Waals surface area contributed by atoms with Gasteiger partial charge < -0.3 is 49.3 Å². The van der Waals surface area contributed by atoms with E-state index in [2.05, 4.69) is 69.5 Å². The minimum absolute atomic E-state index is 0.0642. The number of hydrogen-bond acceptors (Lipinski definition) is 17. The fourth-order valence-electron chi connectivity index (χ4n) is 13.9. The fraction of sp³-hybridized carbons (Fsp3) is 0.500. The number of halogens is 1. The smallest absolute Gasteiger partial charge is 0.409 e. The number of likely N-dealkylation sites (tertiary alicyclic amines) is 1. The van der Waals surface area contributed by atoms with Gasteiger partial charge in [0.2, 0.25) is 11.8 Å². The van der Waals surface area contributed by atoms with Gasteiger partial charge in [0.15, 0.2) is 17.4 Å². The number of carbonyl (C=O) groups excluding carboxylic acids is 3. The minimum Gasteiger partial charge on any atom is -0.508 e. The van der Waals surface area contributed by atoms with Crippen LogP contribution in [0.3, 0.4) is 0 Å². The van der Waals surface area contributed by atoms with E-state index >= 15 is 4.39 Å². The lowest BCUT2D eigenvalue weighted by Crippen LogP contribution is -2.51. The molecule has 85 heavy (non-hydrogen) atoms. The van der Waals surface area contributed by atoms with Crippen molar-refractivity contribution in [1.82, 2.24) is 50.4 Å². The number of phenols is 1. The minimum atomic E-state index is -0.568. The fourth-order valence-corrected chi connectivity index (χ4v) is 14.7. The van der Waals surface area contributed by atoms with Crippen LogP contribution in [0, 0.1) is 18.7 Å². The van der Waals surface area contributed by atoms with Gasteiger partial charge >= 0.3 is 12.1 Å². The molecular formula is C64H77FN12O7S. The van der Waals surface area contributed by atoms with Gasteiger partial charge in [-0.25, -0.2) is 14.2 Å². The third kappa shape index (κ3) is 11.8. The van der Waals surface area contributed by atoms with E-state index in [1.54, 1.807) is 39.5 Å². The first-order valence-corrected chi connectivity index (χ1v) is 31.3. The van der Waals surface area contributed by atoms with E-state index in [4.69, 9.17) is 14.0 Å². The Bertz CT molecular complexity index is 3560. The number of aromatic nitrogens is 5. The molecule has 7 unspecified atom stereocenters. The molecule has 10 heterocycles. The number of thiazole rings is 1. The molecule has 7 atom stereocenters. The zero-order valence-corrected chi connectivity index (χ0v) is 50.2. The average molecular weight is 1180 g/mol. The van der Waals surface area contributed by atoms with Gasteiger partial charge in [-0.15, -0.1) is 11.3 Å². The number of rotatable bonds is 14. The van der Waals surface area contributed by atoms with Crippen LogP contribution in [0.15, 0.2) is 76.9 Å². The molecule has 6 saturated heterocycles. The summed E-state index contributed by atoms with van der Waals surface area (Å²) >= 11 is 1.62. The van der Waals surface area contributed by atoms with E-state index in [9.17, 15) is 19.5 Å². The zero-order valence-electron chi connectivity index (χ0n) is 49.4. The van der Waals surface area contributed by atoms with E-state index in [-0.39, 0.29) is 52.8 Å². The second-order valence-corrected chi connectivity index (χ2v) is 24.9. The number of ether oxygens (including phenoxy) is 2. The summed E-state index contributed by atoms with van der Waals surface area (Å²) in [6, 6.07) is 20.4. The number of methoxy groups -OCH3 is 1. The number of phenolic OH excluding ortho intramolecular Hbond substituents is 1. The molecule has 3 amide bonds. The Labute approximate surface area is 499 Å². The standard InChI is InChI=1S/C38H51N7O5S.C26H26FN5O2/c1-24(2)34(32-21-33(41-50-32)42-17-19-43(20-18-42)38(48)49-22-30-14-13-29-7-5-15-44(29)30)37(47)45-16-6-8-31(45)36(46)40-25(3)27-9-11-28(12-10-27)35-26(4)39-23-51-35;1-3-14-5-4-6-15-9-18(33)10-19(21(14)15)23-22(27)24-20(11-28-23)25(31-26(30-24)34-2)32-12-16-7-8-17(13-32)29-16/h9-12,21,23-25,29-31,34H,5-8,13-20,22H2,1-4H3,(H,40,46);4-6,9-11,16-17,29,33H,3,7-8,12-13H2,1-2H3. The number of aromatic hydroxyl groups is 1. The van der Waals surface area contributed by atoms with Gasteiger partial charge in [0.25, 0.3) is 0 Å². The van der Waals surface area contributed by atoms with Gasteiger partial charge in [-0.2, -0.15) is 9.97 Å². The summed E-state index contributed by atoms with van der Waals surface area (Å²) in [5, 5.41) is 23.8. The number of anilines is 2. The Balaban J connectivity index is 0.000000180. The SMILES string of the molecule is CCc1cccc2cc(O)cc(-c3ncc4c(N5CC6CCC(C5)N6)nc(OC)nc4c3F)c12.Cc1ncsc1-c1ccc(C(C)NC(=O)C2CCCN2C(=O)C(c2cc(N3CCN(C(=O)OCC4CCC5CCCN54)CC3)no2)C(C)C)cc1. The van der Waals surface area contributed by atoms with Crippen molar-refractivity contribution < 1.29 is 37.9 Å². The molecule has 3 N–H and O–H groups in total. The monoisotopic (exact) mass is 1180 g/mol. The van der Waals surface area contributed by atoms with Crippen LogP contribution in [0.5, 0.6) is 11.8 Å². The van der Waals surface area contributed by atoms with Gasteiger partial charge in [-0.3, -0.25) is 19.5 Å². The number of nitrogens with zero attached hydrogens (tertiary/aromatic N) is 10. The zero-order chi connectivity index (χ0) is 59.0. The van der Waals surface area contributed by atoms with Gasteiger partial charge in [-0.05, 0) is 124 Å². The maximum absolute atomic E-state index is 16.2. The molecule has 6 aliphatic rings. The second kappa shape index (κ2) is 24.8. The number of nitrogens with one attached hydrogen (secondary N) is 2. The summed E-state index contributed by atoms with van der Waals surface area (Å²) in [5.41, 5.74) is 6.90. The average Bonchev–Trinajstić information content (AvgIpc) is 3.47. The topological polar surface area (TPSA) is 208 Å². The Kier molecular flexibility index (Phi) is 16.9. The van der Waals surface area contributed by atoms with E-state index in [1.165, 1.54) is 26.4 Å². The van der Waals surface area contributed by atoms with Gasteiger partial charge in [-0.1, -0.05) is 68.4 Å². The maximum Gasteiger partial charge on any atom is 0.409 e. The molecule has 448 valence electrons. The van der Waals surface area contributed by atoms with Crippen molar-refractivity contribution in [3.63, 3.8) is 0 Å². The van der Waals surface area contributed by atoms with Crippen molar-refractivity contribution in [3.05, 3.63) is 101 Å². The first-order valence-electron chi connectivity index (χ1n) is 30.4. The van der Waals surface area contributed by atoms with E-state index < -0.39 is 17.8 Å². The summed E-state index contributed by atoms with van der Waals surface area (Å²) in [7, 11) is 1.49. The number of piperazine rings is 2. The number of pyridine rings is 1. The predicted molar refractivity (Wildman–Crippen MR) is 326 cm³/mol. The summed E-state index contributed by atoms with van der Waals surface area (Å²) < 4.78 is 33.1. The van der Waals surface area contributed by atoms with Crippen LogP contribution in [-0.4, -0.2) is 159 Å². The number of benzene rings is 3. The molecule has 21 heteroatoms. The van der Waals surface area contributed by atoms with Crippen molar-refractivity contribution in [2.45, 2.75) is 135 Å². The highest BCUT2D eigenvalue weighted by Gasteiger charge is 2.42. The predicted octanol–water partition coefficient (Wildman–Crippen LogP) is 9.80. The highest BCUT2D eigenvalue weighted by molar-refractivity contribution is 7.13. The highest BCUT2D eigenvalue weighted by Crippen LogP contribution is 2.40. The molecule has 19 nitrogen and oxygen atoms in total. The molecular weight excluding hydrogens is 1100 g/mol. The van der Waals surface area contributed by atoms with Crippen LogP contribution in [-0.2, 0) is 20.7 Å². The second-order valence-electron chi connectivity index (χ2n) is 24.1. The molecule has 6 aliphatic heterocycles. The van der Waals surface area contributed by atoms with Gasteiger partial charge in [0, 0.05) is 87.8 Å². The van der Waals surface area contributed by atoms with Crippen LogP contribution in [0.2, 0.25) is 0 Å². The largest absolute Gasteiger partial charge is 0.508 e. The maximum atomic E-state index is 16.2. The molecule has 6 fully saturated rings. The molecule has 0 spiro atoms. The molecule has 0 saturated carbocycles. The molecule has 4 aromatic heterocycles. The van der Waals surface area contributed by atoms with Crippen molar-refractivity contribution in [1.29, 1.82) is 0 Å². The van der Waals surface area contributed by atoms with Gasteiger partial charge in [0.05, 0.1) is 34.6 Å². The van der Waals surface area contributed by atoms with E-state index in [0.29, 0.717) is 98.3 Å². The number of carbonyl (C=O) groups is 3. The van der Waals surface area contributed by atoms with E-state index in [0.717, 1.165) is 89.8 Å². The molecule has 0 radical (unpaired) electrons.